The molecule has 5 nitrogen and oxygen atoms in total. The van der Waals surface area contributed by atoms with Gasteiger partial charge in [-0.05, 0) is 49.1 Å². The van der Waals surface area contributed by atoms with Crippen LogP contribution in [0.4, 0.5) is 0 Å². The summed E-state index contributed by atoms with van der Waals surface area (Å²) in [6.45, 7) is 1.98. The number of aryl methyl sites for hydroxylation is 1. The van der Waals surface area contributed by atoms with E-state index in [1.807, 2.05) is 37.3 Å². The number of sulfonamides is 1. The molecule has 1 aliphatic carbocycles. The molecule has 2 aromatic rings. The molecule has 1 aliphatic rings. The van der Waals surface area contributed by atoms with Gasteiger partial charge in [-0.3, -0.25) is 4.79 Å². The third-order valence-corrected chi connectivity index (χ3v) is 5.49. The van der Waals surface area contributed by atoms with E-state index in [0.717, 1.165) is 11.1 Å². The fraction of sp³-hybridized carbons (Fsp3) is 0.222. The van der Waals surface area contributed by atoms with Gasteiger partial charge in [0.05, 0.1) is 16.5 Å². The summed E-state index contributed by atoms with van der Waals surface area (Å²) in [7, 11) is -3.91. The number of hydrogen-bond acceptors (Lipinski definition) is 4. The van der Waals surface area contributed by atoms with Crippen LogP contribution in [0.1, 0.15) is 29.0 Å². The predicted molar refractivity (Wildman–Crippen MR) is 88.5 cm³/mol. The minimum atomic E-state index is -3.91. The first kappa shape index (κ1) is 16.2. The molecule has 1 saturated carbocycles. The SMILES string of the molecule is Cc1cccc([C@@H]2C[C@H]2C(=O)NS(=O)(=O)c2ccc(C#N)cc2)c1. The summed E-state index contributed by atoms with van der Waals surface area (Å²) in [4.78, 5) is 12.2. The highest BCUT2D eigenvalue weighted by molar-refractivity contribution is 7.90. The third-order valence-electron chi connectivity index (χ3n) is 4.13. The average molecular weight is 340 g/mol. The van der Waals surface area contributed by atoms with Crippen molar-refractivity contribution in [3.8, 4) is 6.07 Å². The Morgan fingerprint density at radius 1 is 1.21 bits per heavy atom. The molecular formula is C18H16N2O3S. The van der Waals surface area contributed by atoms with Gasteiger partial charge in [-0.15, -0.1) is 0 Å². The van der Waals surface area contributed by atoms with Crippen LogP contribution in [-0.4, -0.2) is 14.3 Å². The summed E-state index contributed by atoms with van der Waals surface area (Å²) in [5.74, 6) is -0.730. The van der Waals surface area contributed by atoms with Crippen molar-refractivity contribution >= 4 is 15.9 Å². The lowest BCUT2D eigenvalue weighted by molar-refractivity contribution is -0.120. The molecule has 2 aromatic carbocycles. The number of nitriles is 1. The van der Waals surface area contributed by atoms with Gasteiger partial charge < -0.3 is 0 Å². The predicted octanol–water partition coefficient (Wildman–Crippen LogP) is 2.48. The minimum absolute atomic E-state index is 0.0254. The van der Waals surface area contributed by atoms with Crippen LogP contribution in [0.15, 0.2) is 53.4 Å². The second-order valence-electron chi connectivity index (χ2n) is 5.97. The number of hydrogen-bond donors (Lipinski definition) is 1. The lowest BCUT2D eigenvalue weighted by Crippen LogP contribution is -2.32. The molecule has 0 aliphatic heterocycles. The maximum atomic E-state index is 12.3. The second-order valence-corrected chi connectivity index (χ2v) is 7.65. The average Bonchev–Trinajstić information content (AvgIpc) is 3.35. The zero-order chi connectivity index (χ0) is 17.3. The van der Waals surface area contributed by atoms with Crippen LogP contribution in [0.3, 0.4) is 0 Å². The Morgan fingerprint density at radius 3 is 2.54 bits per heavy atom. The lowest BCUT2D eigenvalue weighted by atomic mass is 10.1. The van der Waals surface area contributed by atoms with Crippen LogP contribution in [0.2, 0.25) is 0 Å². The topological polar surface area (TPSA) is 87.0 Å². The lowest BCUT2D eigenvalue weighted by Gasteiger charge is -2.07. The largest absolute Gasteiger partial charge is 0.274 e. The monoisotopic (exact) mass is 340 g/mol. The van der Waals surface area contributed by atoms with E-state index in [2.05, 4.69) is 4.72 Å². The smallest absolute Gasteiger partial charge is 0.264 e. The van der Waals surface area contributed by atoms with Gasteiger partial charge in [-0.2, -0.15) is 5.26 Å². The summed E-state index contributed by atoms with van der Waals surface area (Å²) < 4.78 is 26.7. The standard InChI is InChI=1S/C18H16N2O3S/c1-12-3-2-4-14(9-12)16-10-17(16)18(21)20-24(22,23)15-7-5-13(11-19)6-8-15/h2-9,16-17H,10H2,1H3,(H,20,21)/t16-,17+/m0/s1. The van der Waals surface area contributed by atoms with E-state index in [1.165, 1.54) is 24.3 Å². The van der Waals surface area contributed by atoms with Crippen LogP contribution < -0.4 is 4.72 Å². The van der Waals surface area contributed by atoms with Gasteiger partial charge in [-0.1, -0.05) is 29.8 Å². The number of rotatable bonds is 4. The van der Waals surface area contributed by atoms with Crippen LogP contribution in [0.25, 0.3) is 0 Å². The first-order valence-electron chi connectivity index (χ1n) is 7.54. The highest BCUT2D eigenvalue weighted by Crippen LogP contribution is 2.47. The Hall–Kier alpha value is -2.65. The summed E-state index contributed by atoms with van der Waals surface area (Å²) in [5.41, 5.74) is 2.54. The summed E-state index contributed by atoms with van der Waals surface area (Å²) in [5, 5.41) is 8.75. The van der Waals surface area contributed by atoms with E-state index >= 15 is 0 Å². The molecule has 1 N–H and O–H groups in total. The molecule has 0 saturated heterocycles. The number of carbonyl (C=O) groups excluding carboxylic acids is 1. The molecular weight excluding hydrogens is 324 g/mol. The van der Waals surface area contributed by atoms with Crippen LogP contribution in [-0.2, 0) is 14.8 Å². The first-order valence-corrected chi connectivity index (χ1v) is 9.02. The van der Waals surface area contributed by atoms with Gasteiger partial charge in [0.15, 0.2) is 0 Å². The van der Waals surface area contributed by atoms with Crippen molar-refractivity contribution in [2.75, 3.05) is 0 Å². The van der Waals surface area contributed by atoms with Crippen molar-refractivity contribution in [3.63, 3.8) is 0 Å². The van der Waals surface area contributed by atoms with Crippen molar-refractivity contribution in [1.82, 2.24) is 4.72 Å². The molecule has 0 aromatic heterocycles. The van der Waals surface area contributed by atoms with E-state index in [0.29, 0.717) is 12.0 Å². The fourth-order valence-corrected chi connectivity index (χ4v) is 3.76. The zero-order valence-corrected chi connectivity index (χ0v) is 13.9. The van der Waals surface area contributed by atoms with E-state index in [1.54, 1.807) is 0 Å². The Morgan fingerprint density at radius 2 is 1.92 bits per heavy atom. The van der Waals surface area contributed by atoms with Crippen LogP contribution in [0, 0.1) is 24.2 Å². The first-order chi connectivity index (χ1) is 11.4. The van der Waals surface area contributed by atoms with Crippen molar-refractivity contribution in [2.24, 2.45) is 5.92 Å². The fourth-order valence-electron chi connectivity index (χ4n) is 2.73. The molecule has 1 fully saturated rings. The zero-order valence-electron chi connectivity index (χ0n) is 13.1. The van der Waals surface area contributed by atoms with Gasteiger partial charge in [0, 0.05) is 5.92 Å². The molecule has 24 heavy (non-hydrogen) atoms. The molecule has 0 radical (unpaired) electrons. The maximum absolute atomic E-state index is 12.3. The molecule has 0 spiro atoms. The van der Waals surface area contributed by atoms with Crippen molar-refractivity contribution in [3.05, 3.63) is 65.2 Å². The summed E-state index contributed by atoms with van der Waals surface area (Å²) >= 11 is 0. The van der Waals surface area contributed by atoms with E-state index in [-0.39, 0.29) is 16.7 Å². The van der Waals surface area contributed by atoms with Crippen molar-refractivity contribution < 1.29 is 13.2 Å². The normalized spacial score (nSPS) is 19.3. The molecule has 0 bridgehead atoms. The number of nitrogens with one attached hydrogen (secondary N) is 1. The molecule has 122 valence electrons. The highest BCUT2D eigenvalue weighted by atomic mass is 32.2. The Kier molecular flexibility index (Phi) is 4.12. The quantitative estimate of drug-likeness (QED) is 0.926. The van der Waals surface area contributed by atoms with Crippen LogP contribution >= 0.6 is 0 Å². The number of carbonyl (C=O) groups is 1. The van der Waals surface area contributed by atoms with Gasteiger partial charge in [0.1, 0.15) is 0 Å². The van der Waals surface area contributed by atoms with Gasteiger partial charge in [0.25, 0.3) is 10.0 Å². The maximum Gasteiger partial charge on any atom is 0.264 e. The van der Waals surface area contributed by atoms with Crippen molar-refractivity contribution in [1.29, 1.82) is 5.26 Å². The summed E-state index contributed by atoms with van der Waals surface area (Å²) in [6, 6.07) is 15.3. The minimum Gasteiger partial charge on any atom is -0.274 e. The molecule has 6 heteroatoms. The Labute approximate surface area is 141 Å². The van der Waals surface area contributed by atoms with Gasteiger partial charge in [-0.25, -0.2) is 13.1 Å². The summed E-state index contributed by atoms with van der Waals surface area (Å²) in [6.07, 6.45) is 0.651. The highest BCUT2D eigenvalue weighted by Gasteiger charge is 2.45. The van der Waals surface area contributed by atoms with E-state index in [9.17, 15) is 13.2 Å². The number of benzene rings is 2. The molecule has 2 atom stereocenters. The Bertz CT molecular complexity index is 927. The Balaban J connectivity index is 1.70. The van der Waals surface area contributed by atoms with E-state index < -0.39 is 15.9 Å². The van der Waals surface area contributed by atoms with Crippen LogP contribution in [0.5, 0.6) is 0 Å². The number of amides is 1. The second kappa shape index (κ2) is 6.10. The molecule has 3 rings (SSSR count). The third kappa shape index (κ3) is 3.31. The number of nitrogens with zero attached hydrogens (tertiary/aromatic N) is 1. The van der Waals surface area contributed by atoms with Crippen molar-refractivity contribution in [2.45, 2.75) is 24.2 Å². The molecule has 0 unspecified atom stereocenters. The van der Waals surface area contributed by atoms with Gasteiger partial charge in [0.2, 0.25) is 5.91 Å². The van der Waals surface area contributed by atoms with Gasteiger partial charge >= 0.3 is 0 Å². The molecule has 0 heterocycles. The molecule has 1 amide bonds. The van der Waals surface area contributed by atoms with E-state index in [4.69, 9.17) is 5.26 Å².